The molecular formula is C19H21F2N3O. The highest BCUT2D eigenvalue weighted by Crippen LogP contribution is 2.16. The van der Waals surface area contributed by atoms with E-state index in [1.54, 1.807) is 36.1 Å². The Kier molecular flexibility index (Phi) is 5.28. The number of urea groups is 1. The lowest BCUT2D eigenvalue weighted by atomic mass is 10.2. The Morgan fingerprint density at radius 3 is 2.44 bits per heavy atom. The molecule has 1 aliphatic rings. The van der Waals surface area contributed by atoms with Crippen LogP contribution in [0.1, 0.15) is 11.1 Å². The van der Waals surface area contributed by atoms with Crippen LogP contribution < -0.4 is 5.32 Å². The Morgan fingerprint density at radius 1 is 1.04 bits per heavy atom. The van der Waals surface area contributed by atoms with E-state index in [2.05, 4.69) is 10.2 Å². The highest BCUT2D eigenvalue weighted by molar-refractivity contribution is 5.89. The summed E-state index contributed by atoms with van der Waals surface area (Å²) in [4.78, 5) is 16.1. The number of aryl methyl sites for hydroxylation is 1. The fraction of sp³-hybridized carbons (Fsp3) is 0.316. The lowest BCUT2D eigenvalue weighted by Crippen LogP contribution is -2.49. The fourth-order valence-corrected chi connectivity index (χ4v) is 2.85. The van der Waals surface area contributed by atoms with E-state index in [0.717, 1.165) is 0 Å². The number of anilines is 1. The Labute approximate surface area is 146 Å². The summed E-state index contributed by atoms with van der Waals surface area (Å²) in [5.74, 6) is -0.545. The summed E-state index contributed by atoms with van der Waals surface area (Å²) in [6.45, 7) is 4.65. The zero-order chi connectivity index (χ0) is 17.8. The number of nitrogens with one attached hydrogen (secondary N) is 1. The van der Waals surface area contributed by atoms with Gasteiger partial charge in [-0.1, -0.05) is 24.3 Å². The largest absolute Gasteiger partial charge is 0.322 e. The molecule has 2 aromatic carbocycles. The van der Waals surface area contributed by atoms with Gasteiger partial charge in [-0.25, -0.2) is 13.6 Å². The molecule has 132 valence electrons. The highest BCUT2D eigenvalue weighted by Gasteiger charge is 2.21. The van der Waals surface area contributed by atoms with Crippen molar-refractivity contribution in [1.29, 1.82) is 0 Å². The van der Waals surface area contributed by atoms with Crippen molar-refractivity contribution in [2.24, 2.45) is 0 Å². The number of hydrogen-bond donors (Lipinski definition) is 1. The molecule has 2 amide bonds. The van der Waals surface area contributed by atoms with Crippen LogP contribution in [0, 0.1) is 18.6 Å². The minimum atomic E-state index is -0.340. The molecule has 0 atom stereocenters. The lowest BCUT2D eigenvalue weighted by molar-refractivity contribution is 0.142. The van der Waals surface area contributed by atoms with Crippen LogP contribution in [0.4, 0.5) is 19.3 Å². The van der Waals surface area contributed by atoms with Crippen LogP contribution >= 0.6 is 0 Å². The summed E-state index contributed by atoms with van der Waals surface area (Å²) >= 11 is 0. The van der Waals surface area contributed by atoms with Gasteiger partial charge in [0.2, 0.25) is 0 Å². The summed E-state index contributed by atoms with van der Waals surface area (Å²) in [6.07, 6.45) is 0. The SMILES string of the molecule is Cc1ccc(NC(=O)N2CCN(Cc3ccccc3F)CC2)cc1F. The van der Waals surface area contributed by atoms with Gasteiger partial charge in [-0.3, -0.25) is 4.90 Å². The van der Waals surface area contributed by atoms with E-state index < -0.39 is 0 Å². The predicted octanol–water partition coefficient (Wildman–Crippen LogP) is 3.62. The van der Waals surface area contributed by atoms with Crippen LogP contribution in [0.15, 0.2) is 42.5 Å². The van der Waals surface area contributed by atoms with Crippen molar-refractivity contribution in [3.63, 3.8) is 0 Å². The summed E-state index contributed by atoms with van der Waals surface area (Å²) < 4.78 is 27.3. The third-order valence-corrected chi connectivity index (χ3v) is 4.43. The van der Waals surface area contributed by atoms with Crippen LogP contribution in [0.5, 0.6) is 0 Å². The molecule has 0 bridgehead atoms. The molecule has 2 aromatic rings. The second-order valence-electron chi connectivity index (χ2n) is 6.25. The van der Waals surface area contributed by atoms with Crippen LogP contribution in [0.2, 0.25) is 0 Å². The van der Waals surface area contributed by atoms with Crippen LogP contribution in [-0.2, 0) is 6.54 Å². The quantitative estimate of drug-likeness (QED) is 0.922. The molecule has 3 rings (SSSR count). The van der Waals surface area contributed by atoms with Crippen molar-refractivity contribution >= 4 is 11.7 Å². The van der Waals surface area contributed by atoms with E-state index in [-0.39, 0.29) is 17.7 Å². The number of carbonyl (C=O) groups excluding carboxylic acids is 1. The minimum absolute atomic E-state index is 0.205. The van der Waals surface area contributed by atoms with Gasteiger partial charge in [0.25, 0.3) is 0 Å². The Morgan fingerprint density at radius 2 is 1.76 bits per heavy atom. The summed E-state index contributed by atoms with van der Waals surface area (Å²) in [7, 11) is 0. The molecule has 1 aliphatic heterocycles. The van der Waals surface area contributed by atoms with Crippen LogP contribution in [0.25, 0.3) is 0 Å². The molecule has 0 saturated carbocycles. The number of hydrogen-bond acceptors (Lipinski definition) is 2. The average Bonchev–Trinajstić information content (AvgIpc) is 2.61. The number of amides is 2. The highest BCUT2D eigenvalue weighted by atomic mass is 19.1. The zero-order valence-electron chi connectivity index (χ0n) is 14.1. The first-order valence-corrected chi connectivity index (χ1v) is 8.31. The molecule has 6 heteroatoms. The average molecular weight is 345 g/mol. The lowest BCUT2D eigenvalue weighted by Gasteiger charge is -2.34. The second kappa shape index (κ2) is 7.61. The van der Waals surface area contributed by atoms with Crippen molar-refractivity contribution in [2.45, 2.75) is 13.5 Å². The van der Waals surface area contributed by atoms with Crippen molar-refractivity contribution in [2.75, 3.05) is 31.5 Å². The smallest absolute Gasteiger partial charge is 0.321 e. The zero-order valence-corrected chi connectivity index (χ0v) is 14.1. The molecule has 1 N–H and O–H groups in total. The first-order valence-electron chi connectivity index (χ1n) is 8.31. The number of rotatable bonds is 3. The van der Waals surface area contributed by atoms with E-state index in [1.807, 2.05) is 6.07 Å². The molecule has 4 nitrogen and oxygen atoms in total. The maximum Gasteiger partial charge on any atom is 0.321 e. The normalized spacial score (nSPS) is 15.2. The van der Waals surface area contributed by atoms with Crippen molar-refractivity contribution in [3.8, 4) is 0 Å². The number of nitrogens with zero attached hydrogens (tertiary/aromatic N) is 2. The van der Waals surface area contributed by atoms with E-state index in [9.17, 15) is 13.6 Å². The van der Waals surface area contributed by atoms with Crippen molar-refractivity contribution in [1.82, 2.24) is 9.80 Å². The Balaban J connectivity index is 1.52. The van der Waals surface area contributed by atoms with Gasteiger partial charge in [0.05, 0.1) is 0 Å². The van der Waals surface area contributed by atoms with E-state index in [4.69, 9.17) is 0 Å². The summed E-state index contributed by atoms with van der Waals surface area (Å²) in [5.41, 5.74) is 1.65. The van der Waals surface area contributed by atoms with Crippen molar-refractivity contribution < 1.29 is 13.6 Å². The minimum Gasteiger partial charge on any atom is -0.322 e. The first-order chi connectivity index (χ1) is 12.0. The van der Waals surface area contributed by atoms with Gasteiger partial charge in [0.1, 0.15) is 11.6 Å². The number of halogens is 2. The molecule has 0 unspecified atom stereocenters. The molecule has 0 spiro atoms. The Bertz CT molecular complexity index is 758. The topological polar surface area (TPSA) is 35.6 Å². The molecular weight excluding hydrogens is 324 g/mol. The van der Waals surface area contributed by atoms with Gasteiger partial charge < -0.3 is 10.2 Å². The fourth-order valence-electron chi connectivity index (χ4n) is 2.85. The van der Waals surface area contributed by atoms with Gasteiger partial charge >= 0.3 is 6.03 Å². The van der Waals surface area contributed by atoms with E-state index in [1.165, 1.54) is 12.1 Å². The number of benzene rings is 2. The van der Waals surface area contributed by atoms with Crippen LogP contribution in [-0.4, -0.2) is 42.0 Å². The predicted molar refractivity (Wildman–Crippen MR) is 93.4 cm³/mol. The van der Waals surface area contributed by atoms with Gasteiger partial charge in [-0.15, -0.1) is 0 Å². The van der Waals surface area contributed by atoms with E-state index >= 15 is 0 Å². The third kappa shape index (κ3) is 4.33. The summed E-state index contributed by atoms with van der Waals surface area (Å²) in [5, 5.41) is 2.72. The standard InChI is InChI=1S/C19H21F2N3O/c1-14-6-7-16(12-18(14)21)22-19(25)24-10-8-23(9-11-24)13-15-4-2-3-5-17(15)20/h2-7,12H,8-11,13H2,1H3,(H,22,25). The summed E-state index contributed by atoms with van der Waals surface area (Å²) in [6, 6.07) is 11.1. The van der Waals surface area contributed by atoms with Gasteiger partial charge in [-0.05, 0) is 30.7 Å². The molecule has 1 saturated heterocycles. The van der Waals surface area contributed by atoms with Gasteiger partial charge in [-0.2, -0.15) is 0 Å². The molecule has 0 radical (unpaired) electrons. The molecule has 1 fully saturated rings. The number of piperazine rings is 1. The van der Waals surface area contributed by atoms with E-state index in [0.29, 0.717) is 49.5 Å². The molecule has 0 aliphatic carbocycles. The monoisotopic (exact) mass is 345 g/mol. The van der Waals surface area contributed by atoms with Crippen LogP contribution in [0.3, 0.4) is 0 Å². The maximum absolute atomic E-state index is 13.7. The molecule has 1 heterocycles. The van der Waals surface area contributed by atoms with Gasteiger partial charge in [0, 0.05) is 44.0 Å². The second-order valence-corrected chi connectivity index (χ2v) is 6.25. The first kappa shape index (κ1) is 17.4. The molecule has 0 aromatic heterocycles. The van der Waals surface area contributed by atoms with Crippen molar-refractivity contribution in [3.05, 3.63) is 65.2 Å². The molecule has 25 heavy (non-hydrogen) atoms. The number of carbonyl (C=O) groups is 1. The third-order valence-electron chi connectivity index (χ3n) is 4.43. The maximum atomic E-state index is 13.7. The Hall–Kier alpha value is -2.47. The van der Waals surface area contributed by atoms with Gasteiger partial charge in [0.15, 0.2) is 0 Å².